The van der Waals surface area contributed by atoms with Crippen molar-refractivity contribution >= 4 is 59.3 Å². The Kier molecular flexibility index (Phi) is 11.1. The quantitative estimate of drug-likeness (QED) is 0.172. The number of fused-ring (bicyclic) bond motifs is 1. The Morgan fingerprint density at radius 3 is 2.41 bits per heavy atom. The van der Waals surface area contributed by atoms with Crippen LogP contribution in [0.3, 0.4) is 0 Å². The van der Waals surface area contributed by atoms with E-state index < -0.39 is 36.8 Å². The molecule has 0 bridgehead atoms. The summed E-state index contributed by atoms with van der Waals surface area (Å²) in [6.07, 6.45) is 2.98. The van der Waals surface area contributed by atoms with Gasteiger partial charge in [0.25, 0.3) is 11.8 Å². The molecule has 3 aromatic carbocycles. The van der Waals surface area contributed by atoms with Gasteiger partial charge in [-0.05, 0) is 49.4 Å². The smallest absolute Gasteiger partial charge is 0.262 e. The van der Waals surface area contributed by atoms with Gasteiger partial charge in [-0.3, -0.25) is 34.2 Å². The fourth-order valence-corrected chi connectivity index (χ4v) is 9.12. The van der Waals surface area contributed by atoms with E-state index in [-0.39, 0.29) is 42.7 Å². The number of carbonyl (C=O) groups is 5. The highest BCUT2D eigenvalue weighted by molar-refractivity contribution is 7.70. The largest absolute Gasteiger partial charge is 0.496 e. The Balaban J connectivity index is 0.960. The Hall–Kier alpha value is -5.39. The number of hydrogen-bond donors (Lipinski definition) is 1. The maximum absolute atomic E-state index is 13.5. The molecule has 290 valence electrons. The molecule has 13 nitrogen and oxygen atoms in total. The highest BCUT2D eigenvalue weighted by atomic mass is 35.5. The molecule has 1 N–H and O–H groups in total. The number of aryl methyl sites for hydroxylation is 1. The van der Waals surface area contributed by atoms with Crippen LogP contribution in [0, 0.1) is 0 Å². The van der Waals surface area contributed by atoms with Gasteiger partial charge in [0, 0.05) is 80.7 Å². The normalized spacial score (nSPS) is 17.3. The fourth-order valence-electron chi connectivity index (χ4n) is 7.67. The Bertz CT molecular complexity index is 2300. The number of anilines is 1. The molecule has 0 aliphatic carbocycles. The van der Waals surface area contributed by atoms with Gasteiger partial charge in [0.05, 0.1) is 29.0 Å². The summed E-state index contributed by atoms with van der Waals surface area (Å²) in [7, 11) is -0.882. The molecule has 1 aromatic heterocycles. The zero-order valence-electron chi connectivity index (χ0n) is 31.4. The number of hydrogen-bond acceptors (Lipinski definition) is 10. The topological polar surface area (TPSA) is 159 Å². The minimum atomic E-state index is -2.50. The summed E-state index contributed by atoms with van der Waals surface area (Å²) in [6, 6.07) is 17.6. The average molecular weight is 797 g/mol. The highest BCUT2D eigenvalue weighted by Gasteiger charge is 2.45. The lowest BCUT2D eigenvalue weighted by Gasteiger charge is -2.36. The summed E-state index contributed by atoms with van der Waals surface area (Å²) in [5.41, 5.74) is 4.43. The summed E-state index contributed by atoms with van der Waals surface area (Å²) in [4.78, 5) is 78.4. The average Bonchev–Trinajstić information content (AvgIpc) is 3.44. The van der Waals surface area contributed by atoms with Gasteiger partial charge in [0.2, 0.25) is 17.7 Å². The molecule has 7 rings (SSSR count). The number of amides is 5. The molecule has 4 aromatic rings. The second-order valence-corrected chi connectivity index (χ2v) is 18.2. The summed E-state index contributed by atoms with van der Waals surface area (Å²) in [6.45, 7) is 5.74. The summed E-state index contributed by atoms with van der Waals surface area (Å²) in [5.74, 6) is -1.03. The molecule has 4 heterocycles. The molecule has 3 aliphatic heterocycles. The zero-order valence-corrected chi connectivity index (χ0v) is 33.1. The maximum atomic E-state index is 13.5. The first-order valence-electron chi connectivity index (χ1n) is 18.5. The van der Waals surface area contributed by atoms with Crippen molar-refractivity contribution in [2.75, 3.05) is 51.5 Å². The van der Waals surface area contributed by atoms with Gasteiger partial charge in [-0.15, -0.1) is 0 Å². The van der Waals surface area contributed by atoms with Crippen LogP contribution in [0.25, 0.3) is 0 Å². The second-order valence-electron chi connectivity index (χ2n) is 14.6. The molecule has 0 radical (unpaired) electrons. The van der Waals surface area contributed by atoms with Gasteiger partial charge < -0.3 is 19.1 Å². The molecular weight excluding hydrogens is 755 g/mol. The number of piperazine rings is 1. The molecule has 56 heavy (non-hydrogen) atoms. The van der Waals surface area contributed by atoms with E-state index in [1.54, 1.807) is 44.8 Å². The molecule has 3 aliphatic rings. The van der Waals surface area contributed by atoms with E-state index in [9.17, 15) is 28.5 Å². The van der Waals surface area contributed by atoms with Crippen LogP contribution >= 0.6 is 18.7 Å². The number of benzene rings is 3. The van der Waals surface area contributed by atoms with Crippen LogP contribution in [0.2, 0.25) is 5.02 Å². The number of aromatic nitrogens is 2. The van der Waals surface area contributed by atoms with Crippen LogP contribution in [0.15, 0.2) is 66.9 Å². The first-order chi connectivity index (χ1) is 26.8. The van der Waals surface area contributed by atoms with Crippen LogP contribution in [0.4, 0.5) is 5.69 Å². The van der Waals surface area contributed by atoms with Crippen molar-refractivity contribution in [3.63, 3.8) is 0 Å². The van der Waals surface area contributed by atoms with Crippen molar-refractivity contribution in [2.24, 2.45) is 0 Å². The van der Waals surface area contributed by atoms with Gasteiger partial charge in [0.1, 0.15) is 24.8 Å². The Morgan fingerprint density at radius 1 is 0.929 bits per heavy atom. The maximum Gasteiger partial charge on any atom is 0.262 e. The van der Waals surface area contributed by atoms with Crippen molar-refractivity contribution in [2.45, 2.75) is 44.6 Å². The van der Waals surface area contributed by atoms with E-state index in [1.165, 1.54) is 0 Å². The zero-order chi connectivity index (χ0) is 39.7. The number of rotatable bonds is 11. The molecule has 0 saturated carbocycles. The first-order valence-corrected chi connectivity index (χ1v) is 21.5. The van der Waals surface area contributed by atoms with Gasteiger partial charge in [-0.25, -0.2) is 9.97 Å². The van der Waals surface area contributed by atoms with Gasteiger partial charge in [0.15, 0.2) is 0 Å². The molecular formula is C41H42ClN6O7P. The van der Waals surface area contributed by atoms with Crippen LogP contribution in [-0.4, -0.2) is 102 Å². The van der Waals surface area contributed by atoms with Crippen molar-refractivity contribution in [3.05, 3.63) is 111 Å². The van der Waals surface area contributed by atoms with Gasteiger partial charge in [-0.2, -0.15) is 0 Å². The molecule has 1 unspecified atom stereocenters. The third-order valence-corrected chi connectivity index (χ3v) is 12.5. The predicted octanol–water partition coefficient (Wildman–Crippen LogP) is 4.25. The summed E-state index contributed by atoms with van der Waals surface area (Å²) >= 11 is 6.53. The van der Waals surface area contributed by atoms with E-state index >= 15 is 0 Å². The van der Waals surface area contributed by atoms with Crippen LogP contribution < -0.4 is 20.3 Å². The van der Waals surface area contributed by atoms with Crippen LogP contribution in [-0.2, 0) is 38.2 Å². The molecule has 5 amide bonds. The van der Waals surface area contributed by atoms with Crippen LogP contribution in [0.5, 0.6) is 5.75 Å². The number of piperidine rings is 1. The van der Waals surface area contributed by atoms with E-state index in [4.69, 9.17) is 21.3 Å². The number of carbonyl (C=O) groups excluding carboxylic acids is 5. The molecule has 0 spiro atoms. The van der Waals surface area contributed by atoms with E-state index in [2.05, 4.69) is 15.2 Å². The first kappa shape index (κ1) is 38.9. The van der Waals surface area contributed by atoms with Gasteiger partial charge in [-0.1, -0.05) is 54.1 Å². The minimum absolute atomic E-state index is 0.0419. The standard InChI is InChI=1S/C41H42ClN6O7P/c1-55-33-23-28(13-11-26(33)22-35-43-24-30(42)31(44-35)21-27-7-4-5-10-34(27)56(2,3)54)46-17-19-47(20-18-46)37(50)16-12-25-8-6-9-29-38(25)41(53)48(40(29)52)32-14-15-36(49)45-39(32)51/h4-11,13,23-24,32H,12,14-22H2,1-3H3,(H,45,49,51). The summed E-state index contributed by atoms with van der Waals surface area (Å²) < 4.78 is 18.7. The second kappa shape index (κ2) is 16.0. The number of methoxy groups -OCH3 is 1. The van der Waals surface area contributed by atoms with Gasteiger partial charge >= 0.3 is 0 Å². The third-order valence-electron chi connectivity index (χ3n) is 10.6. The van der Waals surface area contributed by atoms with Crippen molar-refractivity contribution in [3.8, 4) is 5.75 Å². The monoisotopic (exact) mass is 796 g/mol. The number of halogens is 1. The van der Waals surface area contributed by atoms with E-state index in [0.717, 1.165) is 27.0 Å². The molecule has 2 fully saturated rings. The lowest BCUT2D eigenvalue weighted by molar-refractivity contribution is -0.136. The Morgan fingerprint density at radius 2 is 1.68 bits per heavy atom. The molecule has 2 saturated heterocycles. The lowest BCUT2D eigenvalue weighted by Crippen LogP contribution is -2.54. The minimum Gasteiger partial charge on any atom is -0.496 e. The van der Waals surface area contributed by atoms with Crippen molar-refractivity contribution in [1.29, 1.82) is 0 Å². The third kappa shape index (κ3) is 7.97. The van der Waals surface area contributed by atoms with E-state index in [0.29, 0.717) is 66.9 Å². The number of nitrogens with one attached hydrogen (secondary N) is 1. The SMILES string of the molecule is COc1cc(N2CCN(C(=O)CCc3cccc4c3C(=O)N(C3CCC(=O)NC3=O)C4=O)CC2)ccc1Cc1ncc(Cl)c(Cc2ccccc2P(C)(C)=O)n1. The van der Waals surface area contributed by atoms with E-state index in [1.807, 2.05) is 47.4 Å². The van der Waals surface area contributed by atoms with Crippen molar-refractivity contribution in [1.82, 2.24) is 25.1 Å². The lowest BCUT2D eigenvalue weighted by atomic mass is 9.98. The molecule has 1 atom stereocenters. The van der Waals surface area contributed by atoms with Crippen LogP contribution in [0.1, 0.15) is 68.2 Å². The summed E-state index contributed by atoms with van der Waals surface area (Å²) in [5, 5.41) is 3.47. The highest BCUT2D eigenvalue weighted by Crippen LogP contribution is 2.37. The fraction of sp³-hybridized carbons (Fsp3) is 0.341. The van der Waals surface area contributed by atoms with Crippen molar-refractivity contribution < 1.29 is 33.3 Å². The predicted molar refractivity (Wildman–Crippen MR) is 211 cm³/mol. The number of imide groups is 2. The number of nitrogens with zero attached hydrogens (tertiary/aromatic N) is 5. The Labute approximate surface area is 329 Å². The molecule has 15 heteroatoms. The number of ether oxygens (including phenoxy) is 1.